The molecular weight excluding hydrogens is 426 g/mol. The van der Waals surface area contributed by atoms with Crippen LogP contribution in [0.5, 0.6) is 0 Å². The summed E-state index contributed by atoms with van der Waals surface area (Å²) in [5.74, 6) is -0.722. The summed E-state index contributed by atoms with van der Waals surface area (Å²) in [4.78, 5) is 36.5. The zero-order chi connectivity index (χ0) is 23.2. The Kier molecular flexibility index (Phi) is 12.6. The molecular formula is C20H35N3O9. The lowest BCUT2D eigenvalue weighted by Crippen LogP contribution is -2.45. The first-order chi connectivity index (χ1) is 15.5. The molecule has 2 aliphatic heterocycles. The summed E-state index contributed by atoms with van der Waals surface area (Å²) in [5.41, 5.74) is 0. The molecule has 0 spiro atoms. The summed E-state index contributed by atoms with van der Waals surface area (Å²) >= 11 is 0. The van der Waals surface area contributed by atoms with Crippen LogP contribution in [0, 0.1) is 0 Å². The number of aliphatic hydroxyl groups is 2. The highest BCUT2D eigenvalue weighted by molar-refractivity contribution is 5.81. The number of amides is 2. The Morgan fingerprint density at radius 2 is 1.38 bits per heavy atom. The van der Waals surface area contributed by atoms with E-state index >= 15 is 0 Å². The fourth-order valence-electron chi connectivity index (χ4n) is 3.34. The average molecular weight is 462 g/mol. The van der Waals surface area contributed by atoms with Gasteiger partial charge in [-0.1, -0.05) is 0 Å². The molecule has 0 aromatic carbocycles. The zero-order valence-electron chi connectivity index (χ0n) is 18.3. The van der Waals surface area contributed by atoms with Gasteiger partial charge in [-0.25, -0.2) is 0 Å². The Balaban J connectivity index is 1.58. The molecule has 0 bridgehead atoms. The molecule has 0 aromatic rings. The van der Waals surface area contributed by atoms with Gasteiger partial charge in [0.05, 0.1) is 32.8 Å². The van der Waals surface area contributed by atoms with E-state index in [0.717, 1.165) is 12.8 Å². The maximum Gasteiger partial charge on any atom is 0.234 e. The molecule has 4 atom stereocenters. The first-order valence-corrected chi connectivity index (χ1v) is 11.0. The van der Waals surface area contributed by atoms with Gasteiger partial charge in [-0.15, -0.1) is 0 Å². The Morgan fingerprint density at radius 3 is 1.78 bits per heavy atom. The Labute approximate surface area is 187 Å². The first kappa shape index (κ1) is 26.6. The highest BCUT2D eigenvalue weighted by Gasteiger charge is 2.25. The van der Waals surface area contributed by atoms with Crippen molar-refractivity contribution in [3.63, 3.8) is 0 Å². The first-order valence-electron chi connectivity index (χ1n) is 11.0. The van der Waals surface area contributed by atoms with Gasteiger partial charge in [0.15, 0.2) is 12.6 Å². The molecule has 0 aliphatic carbocycles. The van der Waals surface area contributed by atoms with Gasteiger partial charge in [0.2, 0.25) is 11.8 Å². The fraction of sp³-hybridized carbons (Fsp3) is 0.850. The van der Waals surface area contributed by atoms with Gasteiger partial charge in [-0.3, -0.25) is 14.5 Å². The number of carbonyl (C=O) groups excluding carboxylic acids is 3. The third kappa shape index (κ3) is 10.3. The predicted molar refractivity (Wildman–Crippen MR) is 110 cm³/mol. The van der Waals surface area contributed by atoms with E-state index in [1.54, 1.807) is 0 Å². The smallest absolute Gasteiger partial charge is 0.234 e. The van der Waals surface area contributed by atoms with Gasteiger partial charge in [-0.05, 0) is 25.7 Å². The van der Waals surface area contributed by atoms with Crippen LogP contribution >= 0.6 is 0 Å². The van der Waals surface area contributed by atoms with Crippen LogP contribution in [-0.4, -0.2) is 117 Å². The molecule has 2 saturated heterocycles. The molecule has 0 saturated carbocycles. The molecule has 4 N–H and O–H groups in total. The van der Waals surface area contributed by atoms with E-state index in [4.69, 9.17) is 18.9 Å². The normalized spacial score (nSPS) is 26.0. The third-order valence-electron chi connectivity index (χ3n) is 4.96. The van der Waals surface area contributed by atoms with E-state index in [2.05, 4.69) is 10.6 Å². The molecule has 0 radical (unpaired) electrons. The van der Waals surface area contributed by atoms with Gasteiger partial charge in [0.25, 0.3) is 0 Å². The van der Waals surface area contributed by atoms with E-state index in [9.17, 15) is 24.6 Å². The van der Waals surface area contributed by atoms with Crippen LogP contribution in [0.4, 0.5) is 0 Å². The summed E-state index contributed by atoms with van der Waals surface area (Å²) in [6, 6.07) is 0. The van der Waals surface area contributed by atoms with Crippen LogP contribution in [0.1, 0.15) is 25.7 Å². The van der Waals surface area contributed by atoms with Crippen molar-refractivity contribution in [2.45, 2.75) is 50.5 Å². The van der Waals surface area contributed by atoms with Gasteiger partial charge in [0.1, 0.15) is 18.5 Å². The van der Waals surface area contributed by atoms with E-state index in [0.29, 0.717) is 32.3 Å². The van der Waals surface area contributed by atoms with Crippen molar-refractivity contribution >= 4 is 18.1 Å². The summed E-state index contributed by atoms with van der Waals surface area (Å²) in [7, 11) is 0. The predicted octanol–water partition coefficient (Wildman–Crippen LogP) is -2.25. The minimum atomic E-state index is -0.687. The quantitative estimate of drug-likeness (QED) is 0.165. The van der Waals surface area contributed by atoms with Crippen molar-refractivity contribution in [2.75, 3.05) is 59.2 Å². The molecule has 12 heteroatoms. The van der Waals surface area contributed by atoms with Crippen LogP contribution in [-0.2, 0) is 33.3 Å². The zero-order valence-corrected chi connectivity index (χ0v) is 18.3. The van der Waals surface area contributed by atoms with Crippen LogP contribution in [0.3, 0.4) is 0 Å². The number of nitrogens with one attached hydrogen (secondary N) is 2. The van der Waals surface area contributed by atoms with Crippen molar-refractivity contribution < 1.29 is 43.5 Å². The topological polar surface area (TPSA) is 156 Å². The molecule has 2 aliphatic rings. The lowest BCUT2D eigenvalue weighted by atomic mass is 10.1. The Bertz CT molecular complexity index is 537. The van der Waals surface area contributed by atoms with Gasteiger partial charge >= 0.3 is 0 Å². The van der Waals surface area contributed by atoms with Crippen LogP contribution in [0.15, 0.2) is 0 Å². The Morgan fingerprint density at radius 1 is 0.906 bits per heavy atom. The number of aliphatic hydroxyl groups excluding tert-OH is 2. The molecule has 2 fully saturated rings. The van der Waals surface area contributed by atoms with Crippen molar-refractivity contribution in [2.24, 2.45) is 0 Å². The number of aldehydes is 1. The van der Waals surface area contributed by atoms with Crippen molar-refractivity contribution in [1.82, 2.24) is 15.5 Å². The molecule has 12 nitrogen and oxygen atoms in total. The van der Waals surface area contributed by atoms with Crippen LogP contribution < -0.4 is 10.6 Å². The van der Waals surface area contributed by atoms with Crippen LogP contribution in [0.25, 0.3) is 0 Å². The van der Waals surface area contributed by atoms with Gasteiger partial charge < -0.3 is 44.6 Å². The maximum absolute atomic E-state index is 12.1. The standard InChI is InChI=1S/C20H35N3O9/c24-8-7-23(13-17(27)21-5-11-31-19-15(25)3-1-9-29-19)14-18(28)22-6-12-32-20-16(26)4-2-10-30-20/h8,15-16,19-20,25-26H,1-7,9-14H2,(H,21,27)(H,22,28). The molecule has 0 aromatic heterocycles. The second-order valence-corrected chi connectivity index (χ2v) is 7.68. The van der Waals surface area contributed by atoms with Crippen molar-refractivity contribution in [3.05, 3.63) is 0 Å². The van der Waals surface area contributed by atoms with E-state index in [1.165, 1.54) is 4.90 Å². The van der Waals surface area contributed by atoms with Crippen molar-refractivity contribution in [1.29, 1.82) is 0 Å². The third-order valence-corrected chi connectivity index (χ3v) is 4.96. The monoisotopic (exact) mass is 461 g/mol. The number of ether oxygens (including phenoxy) is 4. The van der Waals surface area contributed by atoms with Crippen LogP contribution in [0.2, 0.25) is 0 Å². The lowest BCUT2D eigenvalue weighted by Gasteiger charge is -2.28. The molecule has 184 valence electrons. The second-order valence-electron chi connectivity index (χ2n) is 7.68. The number of rotatable bonds is 14. The number of carbonyl (C=O) groups is 3. The SMILES string of the molecule is O=CCN(CC(=O)NCCOC1OCCCC1O)CC(=O)NCCOC1OCCCC1O. The van der Waals surface area contributed by atoms with Crippen molar-refractivity contribution in [3.8, 4) is 0 Å². The molecule has 2 rings (SSSR count). The van der Waals surface area contributed by atoms with E-state index in [-0.39, 0.29) is 57.8 Å². The number of nitrogens with zero attached hydrogens (tertiary/aromatic N) is 1. The summed E-state index contributed by atoms with van der Waals surface area (Å²) < 4.78 is 21.4. The number of hydrogen-bond donors (Lipinski definition) is 4. The van der Waals surface area contributed by atoms with E-state index in [1.807, 2.05) is 0 Å². The molecule has 4 unspecified atom stereocenters. The minimum absolute atomic E-state index is 0.0714. The summed E-state index contributed by atoms with van der Waals surface area (Å²) in [5, 5.41) is 24.8. The fourth-order valence-corrected chi connectivity index (χ4v) is 3.34. The number of hydrogen-bond acceptors (Lipinski definition) is 10. The summed E-state index contributed by atoms with van der Waals surface area (Å²) in [6.45, 7) is 1.47. The molecule has 32 heavy (non-hydrogen) atoms. The highest BCUT2D eigenvalue weighted by Crippen LogP contribution is 2.15. The van der Waals surface area contributed by atoms with Gasteiger partial charge in [-0.2, -0.15) is 0 Å². The highest BCUT2D eigenvalue weighted by atomic mass is 16.7. The summed E-state index contributed by atoms with van der Waals surface area (Å²) in [6.07, 6.45) is 0.686. The largest absolute Gasteiger partial charge is 0.388 e. The molecule has 2 heterocycles. The second kappa shape index (κ2) is 15.2. The average Bonchev–Trinajstić information content (AvgIpc) is 2.76. The van der Waals surface area contributed by atoms with Gasteiger partial charge in [0, 0.05) is 26.3 Å². The molecule has 2 amide bonds. The maximum atomic E-state index is 12.1. The lowest BCUT2D eigenvalue weighted by molar-refractivity contribution is -0.213. The van der Waals surface area contributed by atoms with E-state index < -0.39 is 24.8 Å². The minimum Gasteiger partial charge on any atom is -0.388 e. The Hall–Kier alpha value is -1.67.